The Hall–Kier alpha value is -1.66. The van der Waals surface area contributed by atoms with E-state index >= 15 is 0 Å². The van der Waals surface area contributed by atoms with Crippen molar-refractivity contribution in [1.29, 1.82) is 0 Å². The van der Waals surface area contributed by atoms with Crippen LogP contribution in [0.15, 0.2) is 24.5 Å². The van der Waals surface area contributed by atoms with Gasteiger partial charge in [0.15, 0.2) is 0 Å². The van der Waals surface area contributed by atoms with Gasteiger partial charge in [-0.25, -0.2) is 0 Å². The summed E-state index contributed by atoms with van der Waals surface area (Å²) < 4.78 is 9.27. The first kappa shape index (κ1) is 14.7. The molecule has 0 fully saturated rings. The minimum Gasteiger partial charge on any atom is -0.385 e. The van der Waals surface area contributed by atoms with Crippen molar-refractivity contribution < 1.29 is 4.74 Å². The third kappa shape index (κ3) is 3.91. The van der Waals surface area contributed by atoms with E-state index in [1.807, 2.05) is 18.3 Å². The normalized spacial score (nSPS) is 10.7. The summed E-state index contributed by atoms with van der Waals surface area (Å²) in [4.78, 5) is 4.13. The van der Waals surface area contributed by atoms with Gasteiger partial charge >= 0.3 is 0 Å². The van der Waals surface area contributed by atoms with Gasteiger partial charge in [-0.3, -0.25) is 4.98 Å². The summed E-state index contributed by atoms with van der Waals surface area (Å²) >= 11 is 1.40. The third-order valence-electron chi connectivity index (χ3n) is 2.98. The van der Waals surface area contributed by atoms with Gasteiger partial charge in [-0.2, -0.15) is 4.37 Å². The predicted molar refractivity (Wildman–Crippen MR) is 84.0 cm³/mol. The minimum absolute atomic E-state index is 0.560. The maximum atomic E-state index is 5.96. The Balaban J connectivity index is 1.93. The molecular weight excluding hydrogens is 272 g/mol. The van der Waals surface area contributed by atoms with E-state index in [0.717, 1.165) is 48.5 Å². The second-order valence-electron chi connectivity index (χ2n) is 4.49. The largest absolute Gasteiger partial charge is 0.385 e. The molecule has 3 N–H and O–H groups in total. The minimum atomic E-state index is 0.560. The molecule has 0 unspecified atom stereocenters. The molecule has 0 spiro atoms. The number of methoxy groups -OCH3 is 1. The van der Waals surface area contributed by atoms with Gasteiger partial charge in [0.25, 0.3) is 0 Å². The lowest BCUT2D eigenvalue weighted by Gasteiger charge is -2.07. The van der Waals surface area contributed by atoms with Gasteiger partial charge in [-0.05, 0) is 36.9 Å². The Kier molecular flexibility index (Phi) is 5.76. The number of ether oxygens (including phenoxy) is 1. The summed E-state index contributed by atoms with van der Waals surface area (Å²) in [5, 5.41) is 4.43. The molecule has 2 aromatic rings. The van der Waals surface area contributed by atoms with E-state index in [1.54, 1.807) is 13.3 Å². The molecule has 0 aliphatic rings. The molecule has 0 aromatic carbocycles. The molecule has 0 radical (unpaired) electrons. The highest BCUT2D eigenvalue weighted by molar-refractivity contribution is 7.11. The maximum absolute atomic E-state index is 5.96. The quantitative estimate of drug-likeness (QED) is 0.732. The van der Waals surface area contributed by atoms with Crippen LogP contribution < -0.4 is 11.1 Å². The second kappa shape index (κ2) is 7.81. The third-order valence-corrected chi connectivity index (χ3v) is 3.80. The fraction of sp³-hybridized carbons (Fsp3) is 0.429. The molecular formula is C14H20N4OS. The topological polar surface area (TPSA) is 73.1 Å². The molecule has 0 aliphatic heterocycles. The summed E-state index contributed by atoms with van der Waals surface area (Å²) in [5.74, 6) is 0.560. The number of hydrogen-bond donors (Lipinski definition) is 2. The molecule has 20 heavy (non-hydrogen) atoms. The molecule has 0 aliphatic carbocycles. The molecule has 0 saturated heterocycles. The molecule has 2 rings (SSSR count). The number of anilines is 2. The first-order valence-corrected chi connectivity index (χ1v) is 7.48. The van der Waals surface area contributed by atoms with E-state index in [0.29, 0.717) is 5.82 Å². The molecule has 2 aromatic heterocycles. The van der Waals surface area contributed by atoms with E-state index in [2.05, 4.69) is 14.7 Å². The van der Waals surface area contributed by atoms with Crippen molar-refractivity contribution in [2.75, 3.05) is 31.3 Å². The van der Waals surface area contributed by atoms with Crippen molar-refractivity contribution in [3.05, 3.63) is 24.5 Å². The van der Waals surface area contributed by atoms with Crippen LogP contribution >= 0.6 is 11.5 Å². The molecule has 0 amide bonds. The summed E-state index contributed by atoms with van der Waals surface area (Å²) in [7, 11) is 1.73. The summed E-state index contributed by atoms with van der Waals surface area (Å²) in [6.07, 6.45) is 6.91. The zero-order chi connectivity index (χ0) is 14.2. The zero-order valence-electron chi connectivity index (χ0n) is 11.6. The average Bonchev–Trinajstić information content (AvgIpc) is 2.84. The Morgan fingerprint density at radius 1 is 1.35 bits per heavy atom. The Morgan fingerprint density at radius 3 is 3.00 bits per heavy atom. The van der Waals surface area contributed by atoms with Crippen LogP contribution in [0.2, 0.25) is 0 Å². The van der Waals surface area contributed by atoms with Crippen molar-refractivity contribution in [2.45, 2.75) is 19.3 Å². The molecule has 108 valence electrons. The van der Waals surface area contributed by atoms with Gasteiger partial charge in [0.05, 0.1) is 5.56 Å². The van der Waals surface area contributed by atoms with Gasteiger partial charge in [0.2, 0.25) is 0 Å². The zero-order valence-corrected chi connectivity index (χ0v) is 12.4. The van der Waals surface area contributed by atoms with Crippen molar-refractivity contribution >= 4 is 22.4 Å². The van der Waals surface area contributed by atoms with Gasteiger partial charge < -0.3 is 15.8 Å². The number of pyridine rings is 1. The standard InChI is InChI=1S/C14H20N4OS/c1-19-9-4-2-3-8-17-14-12(13(15)18-20-14)11-6-5-7-16-10-11/h5-7,10,17H,2-4,8-9H2,1H3,(H2,15,18). The smallest absolute Gasteiger partial charge is 0.147 e. The SMILES string of the molecule is COCCCCCNc1snc(N)c1-c1cccnc1. The van der Waals surface area contributed by atoms with Crippen molar-refractivity contribution in [1.82, 2.24) is 9.36 Å². The van der Waals surface area contributed by atoms with Crippen LogP contribution in [0.3, 0.4) is 0 Å². The molecule has 0 saturated carbocycles. The van der Waals surface area contributed by atoms with Crippen LogP contribution in [0, 0.1) is 0 Å². The maximum Gasteiger partial charge on any atom is 0.147 e. The van der Waals surface area contributed by atoms with Gasteiger partial charge in [0.1, 0.15) is 10.8 Å². The number of aromatic nitrogens is 2. The lowest BCUT2D eigenvalue weighted by atomic mass is 10.1. The summed E-state index contributed by atoms with van der Waals surface area (Å²) in [6, 6.07) is 3.90. The number of unbranched alkanes of at least 4 members (excludes halogenated alkanes) is 2. The van der Waals surface area contributed by atoms with Gasteiger partial charge in [-0.15, -0.1) is 0 Å². The first-order valence-electron chi connectivity index (χ1n) is 6.71. The number of rotatable bonds is 8. The van der Waals surface area contributed by atoms with Crippen LogP contribution in [0.4, 0.5) is 10.8 Å². The fourth-order valence-electron chi connectivity index (χ4n) is 1.96. The van der Waals surface area contributed by atoms with Crippen LogP contribution in [0.25, 0.3) is 11.1 Å². The number of nitrogens with two attached hydrogens (primary N) is 1. The van der Waals surface area contributed by atoms with E-state index in [-0.39, 0.29) is 0 Å². The van der Waals surface area contributed by atoms with Crippen LogP contribution in [0.1, 0.15) is 19.3 Å². The molecule has 6 heteroatoms. The fourth-order valence-corrected chi connectivity index (χ4v) is 2.72. The van der Waals surface area contributed by atoms with Crippen LogP contribution in [-0.2, 0) is 4.74 Å². The van der Waals surface area contributed by atoms with Crippen molar-refractivity contribution in [3.63, 3.8) is 0 Å². The highest BCUT2D eigenvalue weighted by atomic mass is 32.1. The molecule has 0 bridgehead atoms. The highest BCUT2D eigenvalue weighted by Gasteiger charge is 2.13. The Bertz CT molecular complexity index is 515. The van der Waals surface area contributed by atoms with Crippen molar-refractivity contribution in [2.24, 2.45) is 0 Å². The summed E-state index contributed by atoms with van der Waals surface area (Å²) in [5.41, 5.74) is 7.92. The van der Waals surface area contributed by atoms with Crippen LogP contribution in [-0.4, -0.2) is 29.6 Å². The molecule has 0 atom stereocenters. The first-order chi connectivity index (χ1) is 9.83. The van der Waals surface area contributed by atoms with E-state index < -0.39 is 0 Å². The number of nitrogens with zero attached hydrogens (tertiary/aromatic N) is 2. The van der Waals surface area contributed by atoms with E-state index in [9.17, 15) is 0 Å². The molecule has 5 nitrogen and oxygen atoms in total. The Labute approximate surface area is 123 Å². The van der Waals surface area contributed by atoms with E-state index in [4.69, 9.17) is 10.5 Å². The molecule has 2 heterocycles. The van der Waals surface area contributed by atoms with Gasteiger partial charge in [-0.1, -0.05) is 6.07 Å². The second-order valence-corrected chi connectivity index (χ2v) is 5.27. The summed E-state index contributed by atoms with van der Waals surface area (Å²) in [6.45, 7) is 1.74. The number of nitrogen functional groups attached to an aromatic ring is 1. The number of hydrogen-bond acceptors (Lipinski definition) is 6. The van der Waals surface area contributed by atoms with E-state index in [1.165, 1.54) is 11.5 Å². The van der Waals surface area contributed by atoms with Crippen LogP contribution in [0.5, 0.6) is 0 Å². The monoisotopic (exact) mass is 292 g/mol. The average molecular weight is 292 g/mol. The Morgan fingerprint density at radius 2 is 2.25 bits per heavy atom. The lowest BCUT2D eigenvalue weighted by molar-refractivity contribution is 0.192. The predicted octanol–water partition coefficient (Wildman–Crippen LogP) is 3.02. The number of nitrogens with one attached hydrogen (secondary N) is 1. The lowest BCUT2D eigenvalue weighted by Crippen LogP contribution is -2.02. The highest BCUT2D eigenvalue weighted by Crippen LogP contribution is 2.36. The van der Waals surface area contributed by atoms with Crippen molar-refractivity contribution in [3.8, 4) is 11.1 Å². The van der Waals surface area contributed by atoms with Gasteiger partial charge in [0, 0.05) is 38.2 Å².